The van der Waals surface area contributed by atoms with Gasteiger partial charge < -0.3 is 14.2 Å². The van der Waals surface area contributed by atoms with E-state index in [1.165, 1.54) is 32.4 Å². The molecule has 0 aliphatic carbocycles. The average molecular weight is 329 g/mol. The summed E-state index contributed by atoms with van der Waals surface area (Å²) in [6.07, 6.45) is 0. The predicted octanol–water partition coefficient (Wildman–Crippen LogP) is 3.19. The summed E-state index contributed by atoms with van der Waals surface area (Å²) in [4.78, 5) is 7.90. The van der Waals surface area contributed by atoms with E-state index in [1.54, 1.807) is 6.07 Å². The summed E-state index contributed by atoms with van der Waals surface area (Å²) in [5, 5.41) is 0. The maximum absolute atomic E-state index is 13.6. The van der Waals surface area contributed by atoms with Gasteiger partial charge in [-0.3, -0.25) is 0 Å². The molecule has 0 N–H and O–H groups in total. The van der Waals surface area contributed by atoms with Crippen LogP contribution in [0.2, 0.25) is 0 Å². The van der Waals surface area contributed by atoms with Crippen molar-refractivity contribution in [3.05, 3.63) is 34.6 Å². The maximum atomic E-state index is 13.6. The van der Waals surface area contributed by atoms with E-state index in [9.17, 15) is 4.39 Å². The van der Waals surface area contributed by atoms with Gasteiger partial charge in [0.05, 0.1) is 20.3 Å². The highest BCUT2D eigenvalue weighted by molar-refractivity contribution is 9.10. The van der Waals surface area contributed by atoms with Crippen molar-refractivity contribution in [2.24, 2.45) is 0 Å². The standard InChI is InChI=1S/C12H10BrFN2O3/c1-17-10-6-11(18-2)16-12(15-10)19-9-5-7(13)3-4-8(9)14/h3-6H,1-2H3. The Bertz CT molecular complexity index is 573. The molecule has 0 aliphatic rings. The van der Waals surface area contributed by atoms with Crippen molar-refractivity contribution in [1.82, 2.24) is 9.97 Å². The first-order chi connectivity index (χ1) is 9.12. The van der Waals surface area contributed by atoms with E-state index in [4.69, 9.17) is 14.2 Å². The Morgan fingerprint density at radius 1 is 1.05 bits per heavy atom. The summed E-state index contributed by atoms with van der Waals surface area (Å²) in [5.74, 6) is 0.00720. The Hall–Kier alpha value is -1.89. The SMILES string of the molecule is COc1cc(OC)nc(Oc2cc(Br)ccc2F)n1. The zero-order valence-electron chi connectivity index (χ0n) is 10.2. The van der Waals surface area contributed by atoms with Crippen molar-refractivity contribution in [1.29, 1.82) is 0 Å². The Labute approximate surface area is 117 Å². The summed E-state index contributed by atoms with van der Waals surface area (Å²) in [5.41, 5.74) is 0. The molecule has 0 unspecified atom stereocenters. The van der Waals surface area contributed by atoms with Crippen molar-refractivity contribution in [2.45, 2.75) is 0 Å². The van der Waals surface area contributed by atoms with E-state index in [-0.39, 0.29) is 23.5 Å². The second-order valence-electron chi connectivity index (χ2n) is 3.41. The highest BCUT2D eigenvalue weighted by Gasteiger charge is 2.11. The van der Waals surface area contributed by atoms with E-state index in [0.717, 1.165) is 0 Å². The minimum Gasteiger partial charge on any atom is -0.481 e. The first-order valence-corrected chi connectivity index (χ1v) is 6.01. The van der Waals surface area contributed by atoms with E-state index < -0.39 is 5.82 Å². The molecule has 0 radical (unpaired) electrons. The minimum atomic E-state index is -0.520. The number of rotatable bonds is 4. The number of hydrogen-bond acceptors (Lipinski definition) is 5. The third kappa shape index (κ3) is 3.31. The van der Waals surface area contributed by atoms with E-state index in [0.29, 0.717) is 4.47 Å². The molecule has 2 aromatic rings. The molecule has 5 nitrogen and oxygen atoms in total. The van der Waals surface area contributed by atoms with Crippen LogP contribution in [0.4, 0.5) is 4.39 Å². The Kier molecular flexibility index (Phi) is 4.16. The summed E-state index contributed by atoms with van der Waals surface area (Å²) in [6.45, 7) is 0. The molecule has 0 bridgehead atoms. The fraction of sp³-hybridized carbons (Fsp3) is 0.167. The number of methoxy groups -OCH3 is 2. The maximum Gasteiger partial charge on any atom is 0.328 e. The van der Waals surface area contributed by atoms with Crippen molar-refractivity contribution >= 4 is 15.9 Å². The first kappa shape index (κ1) is 13.5. The van der Waals surface area contributed by atoms with Gasteiger partial charge in [-0.2, -0.15) is 9.97 Å². The largest absolute Gasteiger partial charge is 0.481 e. The Morgan fingerprint density at radius 3 is 2.26 bits per heavy atom. The van der Waals surface area contributed by atoms with Gasteiger partial charge in [-0.05, 0) is 18.2 Å². The number of ether oxygens (including phenoxy) is 3. The molecule has 0 saturated carbocycles. The lowest BCUT2D eigenvalue weighted by Gasteiger charge is -2.08. The van der Waals surface area contributed by atoms with E-state index >= 15 is 0 Å². The zero-order valence-corrected chi connectivity index (χ0v) is 11.8. The van der Waals surface area contributed by atoms with Crippen molar-refractivity contribution in [2.75, 3.05) is 14.2 Å². The minimum absolute atomic E-state index is 0.00433. The fourth-order valence-corrected chi connectivity index (χ4v) is 1.63. The molecule has 0 spiro atoms. The first-order valence-electron chi connectivity index (χ1n) is 5.22. The molecule has 0 aliphatic heterocycles. The molecule has 19 heavy (non-hydrogen) atoms. The summed E-state index contributed by atoms with van der Waals surface area (Å²) in [7, 11) is 2.90. The predicted molar refractivity (Wildman–Crippen MR) is 69.3 cm³/mol. The van der Waals surface area contributed by atoms with Crippen molar-refractivity contribution in [3.8, 4) is 23.5 Å². The molecule has 1 aromatic carbocycles. The molecular formula is C12H10BrFN2O3. The summed E-state index contributed by atoms with van der Waals surface area (Å²) < 4.78 is 29.5. The monoisotopic (exact) mass is 328 g/mol. The van der Waals surface area contributed by atoms with Gasteiger partial charge in [0.25, 0.3) is 0 Å². The van der Waals surface area contributed by atoms with Gasteiger partial charge in [0.15, 0.2) is 11.6 Å². The topological polar surface area (TPSA) is 53.5 Å². The van der Waals surface area contributed by atoms with Crippen molar-refractivity contribution in [3.63, 3.8) is 0 Å². The third-order valence-corrected chi connectivity index (χ3v) is 2.66. The molecule has 1 aromatic heterocycles. The molecule has 2 rings (SSSR count). The van der Waals surface area contributed by atoms with Gasteiger partial charge in [-0.25, -0.2) is 4.39 Å². The quantitative estimate of drug-likeness (QED) is 0.862. The van der Waals surface area contributed by atoms with Gasteiger partial charge in [-0.15, -0.1) is 0 Å². The highest BCUT2D eigenvalue weighted by Crippen LogP contribution is 2.27. The fourth-order valence-electron chi connectivity index (χ4n) is 1.29. The molecule has 0 saturated heterocycles. The molecule has 1 heterocycles. The molecule has 0 amide bonds. The average Bonchev–Trinajstić information content (AvgIpc) is 2.42. The lowest BCUT2D eigenvalue weighted by molar-refractivity contribution is 0.343. The molecular weight excluding hydrogens is 319 g/mol. The summed E-state index contributed by atoms with van der Waals surface area (Å²) in [6, 6.07) is 5.74. The van der Waals surface area contributed by atoms with Gasteiger partial charge in [-0.1, -0.05) is 15.9 Å². The number of nitrogens with zero attached hydrogens (tertiary/aromatic N) is 2. The molecule has 100 valence electrons. The van der Waals surface area contributed by atoms with Crippen LogP contribution >= 0.6 is 15.9 Å². The van der Waals surface area contributed by atoms with Crippen LogP contribution in [0.25, 0.3) is 0 Å². The zero-order chi connectivity index (χ0) is 13.8. The van der Waals surface area contributed by atoms with E-state index in [2.05, 4.69) is 25.9 Å². The smallest absolute Gasteiger partial charge is 0.328 e. The normalized spacial score (nSPS) is 10.1. The van der Waals surface area contributed by atoms with Crippen LogP contribution in [-0.2, 0) is 0 Å². The number of halogens is 2. The van der Waals surface area contributed by atoms with Crippen LogP contribution in [-0.4, -0.2) is 24.2 Å². The lowest BCUT2D eigenvalue weighted by atomic mass is 10.3. The number of hydrogen-bond donors (Lipinski definition) is 0. The van der Waals surface area contributed by atoms with Crippen LogP contribution in [0.3, 0.4) is 0 Å². The Balaban J connectivity index is 2.34. The van der Waals surface area contributed by atoms with Gasteiger partial charge >= 0.3 is 6.01 Å². The summed E-state index contributed by atoms with van der Waals surface area (Å²) >= 11 is 3.23. The lowest BCUT2D eigenvalue weighted by Crippen LogP contribution is -1.98. The van der Waals surface area contributed by atoms with Crippen LogP contribution in [0, 0.1) is 5.82 Å². The molecule has 0 atom stereocenters. The van der Waals surface area contributed by atoms with Crippen molar-refractivity contribution < 1.29 is 18.6 Å². The third-order valence-electron chi connectivity index (χ3n) is 2.17. The number of aromatic nitrogens is 2. The highest BCUT2D eigenvalue weighted by atomic mass is 79.9. The van der Waals surface area contributed by atoms with Crippen LogP contribution in [0.1, 0.15) is 0 Å². The van der Waals surface area contributed by atoms with Crippen LogP contribution in [0.5, 0.6) is 23.5 Å². The van der Waals surface area contributed by atoms with Crippen LogP contribution in [0.15, 0.2) is 28.7 Å². The number of benzene rings is 1. The van der Waals surface area contributed by atoms with Gasteiger partial charge in [0, 0.05) is 4.47 Å². The van der Waals surface area contributed by atoms with Crippen LogP contribution < -0.4 is 14.2 Å². The Morgan fingerprint density at radius 2 is 1.68 bits per heavy atom. The molecule has 7 heteroatoms. The van der Waals surface area contributed by atoms with Gasteiger partial charge in [0.2, 0.25) is 11.8 Å². The second-order valence-corrected chi connectivity index (χ2v) is 4.33. The van der Waals surface area contributed by atoms with Gasteiger partial charge in [0.1, 0.15) is 0 Å². The molecule has 0 fully saturated rings. The second kappa shape index (κ2) is 5.83. The van der Waals surface area contributed by atoms with E-state index in [1.807, 2.05) is 0 Å².